The molecule has 3 N–H and O–H groups in total. The van der Waals surface area contributed by atoms with Gasteiger partial charge in [-0.1, -0.05) is 0 Å². The summed E-state index contributed by atoms with van der Waals surface area (Å²) in [7, 11) is 1.63. The van der Waals surface area contributed by atoms with Gasteiger partial charge in [-0.15, -0.1) is 0 Å². The number of nitrogens with two attached hydrogens (primary N) is 1. The lowest BCUT2D eigenvalue weighted by atomic mass is 9.73. The van der Waals surface area contributed by atoms with Crippen molar-refractivity contribution in [1.82, 2.24) is 15.0 Å². The Morgan fingerprint density at radius 1 is 1.24 bits per heavy atom. The number of rotatable bonds is 7. The summed E-state index contributed by atoms with van der Waals surface area (Å²) in [6.07, 6.45) is 6.53. The second-order valence-corrected chi connectivity index (χ2v) is 11.1. The molecular formula is C27H38N6O5. The summed E-state index contributed by atoms with van der Waals surface area (Å²) in [5.41, 5.74) is 8.59. The SMILES string of the molecule is COCOC[C@H]1C[C@H]2COc3c(-c4cnc(N5CCC6(CC5)CO[C@@H](C)[C@H]6N)c(CO)n4)ccnc3N2C1. The molecule has 4 aliphatic heterocycles. The molecule has 0 saturated carbocycles. The van der Waals surface area contributed by atoms with Crippen LogP contribution in [0.2, 0.25) is 0 Å². The van der Waals surface area contributed by atoms with Gasteiger partial charge in [0.15, 0.2) is 17.4 Å². The maximum atomic E-state index is 10.2. The molecule has 4 atom stereocenters. The number of anilines is 2. The van der Waals surface area contributed by atoms with Gasteiger partial charge in [0.05, 0.1) is 43.9 Å². The number of hydrogen-bond acceptors (Lipinski definition) is 11. The molecule has 2 aromatic rings. The van der Waals surface area contributed by atoms with Gasteiger partial charge in [0.25, 0.3) is 0 Å². The molecule has 38 heavy (non-hydrogen) atoms. The van der Waals surface area contributed by atoms with E-state index in [-0.39, 0.29) is 30.2 Å². The fraction of sp³-hybridized carbons (Fsp3) is 0.667. The molecule has 0 radical (unpaired) electrons. The highest BCUT2D eigenvalue weighted by molar-refractivity contribution is 5.75. The molecule has 2 aromatic heterocycles. The predicted octanol–water partition coefficient (Wildman–Crippen LogP) is 1.57. The van der Waals surface area contributed by atoms with E-state index in [4.69, 9.17) is 34.6 Å². The zero-order valence-electron chi connectivity index (χ0n) is 22.2. The molecule has 3 fully saturated rings. The predicted molar refractivity (Wildman–Crippen MR) is 141 cm³/mol. The van der Waals surface area contributed by atoms with Gasteiger partial charge in [0, 0.05) is 55.9 Å². The summed E-state index contributed by atoms with van der Waals surface area (Å²) in [5.74, 6) is 2.67. The van der Waals surface area contributed by atoms with E-state index in [0.29, 0.717) is 43.9 Å². The Kier molecular flexibility index (Phi) is 7.12. The molecule has 0 bridgehead atoms. The third kappa shape index (κ3) is 4.50. The van der Waals surface area contributed by atoms with Gasteiger partial charge in [-0.3, -0.25) is 0 Å². The smallest absolute Gasteiger partial charge is 0.172 e. The van der Waals surface area contributed by atoms with Crippen LogP contribution in [0.3, 0.4) is 0 Å². The maximum Gasteiger partial charge on any atom is 0.172 e. The quantitative estimate of drug-likeness (QED) is 0.403. The fourth-order valence-corrected chi connectivity index (χ4v) is 6.57. The van der Waals surface area contributed by atoms with Gasteiger partial charge in [0.1, 0.15) is 19.1 Å². The van der Waals surface area contributed by atoms with Crippen LogP contribution >= 0.6 is 0 Å². The molecule has 3 saturated heterocycles. The lowest BCUT2D eigenvalue weighted by molar-refractivity contribution is -0.0414. The largest absolute Gasteiger partial charge is 0.487 e. The van der Waals surface area contributed by atoms with Crippen LogP contribution in [0, 0.1) is 11.3 Å². The van der Waals surface area contributed by atoms with E-state index in [1.165, 1.54) is 0 Å². The van der Waals surface area contributed by atoms with Crippen molar-refractivity contribution in [3.63, 3.8) is 0 Å². The lowest BCUT2D eigenvalue weighted by Crippen LogP contribution is -2.51. The highest BCUT2D eigenvalue weighted by Gasteiger charge is 2.48. The van der Waals surface area contributed by atoms with E-state index < -0.39 is 0 Å². The first-order valence-corrected chi connectivity index (χ1v) is 13.6. The van der Waals surface area contributed by atoms with Gasteiger partial charge >= 0.3 is 0 Å². The van der Waals surface area contributed by atoms with Crippen LogP contribution in [-0.4, -0.2) is 91.6 Å². The van der Waals surface area contributed by atoms with Gasteiger partial charge in [0.2, 0.25) is 0 Å². The summed E-state index contributed by atoms with van der Waals surface area (Å²) >= 11 is 0. The van der Waals surface area contributed by atoms with E-state index >= 15 is 0 Å². The first-order valence-electron chi connectivity index (χ1n) is 13.6. The summed E-state index contributed by atoms with van der Waals surface area (Å²) in [6.45, 7) is 6.60. The topological polar surface area (TPSA) is 128 Å². The number of pyridine rings is 1. The third-order valence-corrected chi connectivity index (χ3v) is 8.79. The van der Waals surface area contributed by atoms with Crippen molar-refractivity contribution in [3.05, 3.63) is 24.2 Å². The Morgan fingerprint density at radius 2 is 2.08 bits per heavy atom. The first-order chi connectivity index (χ1) is 18.5. The van der Waals surface area contributed by atoms with E-state index in [1.54, 1.807) is 19.5 Å². The van der Waals surface area contributed by atoms with Gasteiger partial charge < -0.3 is 39.6 Å². The van der Waals surface area contributed by atoms with Gasteiger partial charge in [-0.05, 0) is 32.3 Å². The molecule has 11 nitrogen and oxygen atoms in total. The van der Waals surface area contributed by atoms with Crippen molar-refractivity contribution < 1.29 is 24.1 Å². The summed E-state index contributed by atoms with van der Waals surface area (Å²) in [5, 5.41) is 10.2. The Morgan fingerprint density at radius 3 is 2.82 bits per heavy atom. The number of aliphatic hydroxyl groups is 1. The van der Waals surface area contributed by atoms with Gasteiger partial charge in [-0.2, -0.15) is 0 Å². The Balaban J connectivity index is 1.21. The molecule has 6 heterocycles. The highest BCUT2D eigenvalue weighted by atomic mass is 16.7. The summed E-state index contributed by atoms with van der Waals surface area (Å²) in [6, 6.07) is 2.23. The molecule has 206 valence electrons. The van der Waals surface area contributed by atoms with Crippen molar-refractivity contribution in [3.8, 4) is 17.0 Å². The number of ether oxygens (including phenoxy) is 4. The van der Waals surface area contributed by atoms with Crippen molar-refractivity contribution in [2.45, 2.75) is 51.0 Å². The minimum atomic E-state index is -0.192. The molecule has 11 heteroatoms. The van der Waals surface area contributed by atoms with Gasteiger partial charge in [-0.25, -0.2) is 15.0 Å². The first kappa shape index (κ1) is 25.7. The third-order valence-electron chi connectivity index (χ3n) is 8.79. The van der Waals surface area contributed by atoms with E-state index in [1.807, 2.05) is 6.07 Å². The van der Waals surface area contributed by atoms with Crippen molar-refractivity contribution >= 4 is 11.6 Å². The second kappa shape index (κ2) is 10.5. The summed E-state index contributed by atoms with van der Waals surface area (Å²) in [4.78, 5) is 18.8. The monoisotopic (exact) mass is 526 g/mol. The average molecular weight is 527 g/mol. The Bertz CT molecular complexity index is 1140. The van der Waals surface area contributed by atoms with Crippen LogP contribution in [0.1, 0.15) is 31.9 Å². The number of hydrogen-bond donors (Lipinski definition) is 2. The normalized spacial score (nSPS) is 27.9. The number of aliphatic hydroxyl groups excluding tert-OH is 1. The van der Waals surface area contributed by atoms with Crippen LogP contribution in [0.5, 0.6) is 5.75 Å². The number of nitrogens with zero attached hydrogens (tertiary/aromatic N) is 5. The summed E-state index contributed by atoms with van der Waals surface area (Å²) < 4.78 is 22.7. The van der Waals surface area contributed by atoms with Crippen molar-refractivity contribution in [2.75, 3.05) is 63.2 Å². The standard InChI is InChI=1S/C27H38N6O5/c1-17-24(28)27(15-38-17)4-7-32(8-5-27)25-22(12-34)31-21(10-30-25)20-3-6-29-26-23(20)37-14-19-9-18(11-33(19)26)13-36-16-35-2/h3,6,10,17-19,24,34H,4-5,7-9,11-16,28H2,1-2H3/t17-,18-,19-,24+/m0/s1. The highest BCUT2D eigenvalue weighted by Crippen LogP contribution is 2.44. The molecule has 0 aliphatic carbocycles. The molecule has 4 aliphatic rings. The number of fused-ring (bicyclic) bond motifs is 3. The van der Waals surface area contributed by atoms with E-state index in [0.717, 1.165) is 61.8 Å². The average Bonchev–Trinajstić information content (AvgIpc) is 3.50. The molecular weight excluding hydrogens is 488 g/mol. The van der Waals surface area contributed by atoms with Crippen molar-refractivity contribution in [2.24, 2.45) is 17.1 Å². The van der Waals surface area contributed by atoms with E-state index in [2.05, 4.69) is 21.7 Å². The molecule has 6 rings (SSSR count). The number of piperidine rings is 1. The Labute approximate surface area is 223 Å². The van der Waals surface area contributed by atoms with Crippen LogP contribution in [-0.2, 0) is 20.8 Å². The van der Waals surface area contributed by atoms with Crippen LogP contribution in [0.15, 0.2) is 18.5 Å². The molecule has 0 unspecified atom stereocenters. The van der Waals surface area contributed by atoms with Crippen LogP contribution < -0.4 is 20.3 Å². The lowest BCUT2D eigenvalue weighted by Gasteiger charge is -2.41. The zero-order valence-corrected chi connectivity index (χ0v) is 22.2. The second-order valence-electron chi connectivity index (χ2n) is 11.1. The maximum absolute atomic E-state index is 10.2. The van der Waals surface area contributed by atoms with E-state index in [9.17, 15) is 5.11 Å². The van der Waals surface area contributed by atoms with Crippen molar-refractivity contribution in [1.29, 1.82) is 0 Å². The molecule has 0 aromatic carbocycles. The number of aromatic nitrogens is 3. The molecule has 1 spiro atoms. The minimum absolute atomic E-state index is 0.0262. The number of methoxy groups -OCH3 is 1. The Hall–Kier alpha value is -2.57. The van der Waals surface area contributed by atoms with Crippen LogP contribution in [0.4, 0.5) is 11.6 Å². The van der Waals surface area contributed by atoms with Crippen LogP contribution in [0.25, 0.3) is 11.3 Å². The minimum Gasteiger partial charge on any atom is -0.487 e. The zero-order chi connectivity index (χ0) is 26.3. The molecule has 0 amide bonds. The fourth-order valence-electron chi connectivity index (χ4n) is 6.57.